The number of nitrogens with one attached hydrogen (secondary N) is 2. The number of nitrogens with zero attached hydrogens (tertiary/aromatic N) is 1. The van der Waals surface area contributed by atoms with Gasteiger partial charge in [-0.15, -0.1) is 0 Å². The third-order valence-electron chi connectivity index (χ3n) is 2.34. The molecule has 2 N–H and O–H groups in total. The van der Waals surface area contributed by atoms with Crippen LogP contribution in [0, 0.1) is 4.64 Å². The molecule has 0 aliphatic rings. The molecule has 0 fully saturated rings. The first-order valence-corrected chi connectivity index (χ1v) is 5.43. The highest BCUT2D eigenvalue weighted by Crippen LogP contribution is 2.06. The van der Waals surface area contributed by atoms with Crippen molar-refractivity contribution >= 4 is 12.2 Å². The zero-order valence-electron chi connectivity index (χ0n) is 8.36. The van der Waals surface area contributed by atoms with Crippen molar-refractivity contribution in [2.75, 3.05) is 0 Å². The Morgan fingerprint density at radius 2 is 1.93 bits per heavy atom. The third kappa shape index (κ3) is 2.76. The van der Waals surface area contributed by atoms with E-state index >= 15 is 0 Å². The Labute approximate surface area is 93.5 Å². The largest absolute Gasteiger partial charge is 0.273 e. The average Bonchev–Trinajstić information content (AvgIpc) is 2.66. The first-order valence-electron chi connectivity index (χ1n) is 5.02. The number of H-pyrrole nitrogens is 2. The second kappa shape index (κ2) is 4.89. The van der Waals surface area contributed by atoms with Gasteiger partial charge in [-0.2, -0.15) is 5.10 Å². The Hall–Kier alpha value is -1.42. The van der Waals surface area contributed by atoms with Crippen LogP contribution < -0.4 is 0 Å². The van der Waals surface area contributed by atoms with E-state index in [-0.39, 0.29) is 0 Å². The molecule has 15 heavy (non-hydrogen) atoms. The van der Waals surface area contributed by atoms with E-state index in [4.69, 9.17) is 12.2 Å². The molecule has 1 heterocycles. The topological polar surface area (TPSA) is 44.5 Å². The number of benzene rings is 1. The van der Waals surface area contributed by atoms with Crippen LogP contribution in [0.4, 0.5) is 0 Å². The van der Waals surface area contributed by atoms with Gasteiger partial charge in [0.15, 0.2) is 0 Å². The molecule has 0 saturated carbocycles. The van der Waals surface area contributed by atoms with E-state index in [1.54, 1.807) is 0 Å². The Morgan fingerprint density at radius 1 is 1.13 bits per heavy atom. The van der Waals surface area contributed by atoms with Crippen molar-refractivity contribution in [3.63, 3.8) is 0 Å². The van der Waals surface area contributed by atoms with Crippen molar-refractivity contribution < 1.29 is 0 Å². The fraction of sp³-hybridized carbons (Fsp3) is 0.273. The molecule has 0 amide bonds. The second-order valence-corrected chi connectivity index (χ2v) is 3.87. The summed E-state index contributed by atoms with van der Waals surface area (Å²) in [7, 11) is 0. The van der Waals surface area contributed by atoms with Crippen molar-refractivity contribution in [1.82, 2.24) is 15.4 Å². The molecule has 0 aliphatic heterocycles. The molecule has 4 heteroatoms. The maximum absolute atomic E-state index is 5.07. The summed E-state index contributed by atoms with van der Waals surface area (Å²) in [6, 6.07) is 10.5. The monoisotopic (exact) mass is 219 g/mol. The predicted octanol–water partition coefficient (Wildman–Crippen LogP) is 2.64. The van der Waals surface area contributed by atoms with E-state index in [0.717, 1.165) is 29.6 Å². The minimum absolute atomic E-state index is 0.725. The number of hydrogen-bond acceptors (Lipinski definition) is 2. The van der Waals surface area contributed by atoms with Crippen molar-refractivity contribution in [2.45, 2.75) is 19.3 Å². The lowest BCUT2D eigenvalue weighted by Gasteiger charge is -1.98. The fourth-order valence-electron chi connectivity index (χ4n) is 1.54. The second-order valence-electron chi connectivity index (χ2n) is 3.46. The van der Waals surface area contributed by atoms with Crippen molar-refractivity contribution in [3.8, 4) is 0 Å². The van der Waals surface area contributed by atoms with Gasteiger partial charge in [-0.1, -0.05) is 42.5 Å². The zero-order valence-corrected chi connectivity index (χ0v) is 9.18. The molecule has 0 bridgehead atoms. The molecule has 2 aromatic rings. The standard InChI is InChI=1S/C11H13N3S/c15-11-10(12-14-13-11)8-4-7-9-5-2-1-3-6-9/h1-3,5-6H,4,7-8H2,(H2,12,13,14,15). The van der Waals surface area contributed by atoms with E-state index in [0.29, 0.717) is 0 Å². The number of aromatic amines is 2. The van der Waals surface area contributed by atoms with Crippen LogP contribution in [-0.4, -0.2) is 15.4 Å². The van der Waals surface area contributed by atoms with Crippen LogP contribution in [0.1, 0.15) is 17.7 Å². The Bertz CT molecular complexity index is 458. The lowest BCUT2D eigenvalue weighted by Crippen LogP contribution is -1.90. The molecule has 1 aromatic carbocycles. The third-order valence-corrected chi connectivity index (χ3v) is 2.68. The lowest BCUT2D eigenvalue weighted by atomic mass is 10.1. The highest BCUT2D eigenvalue weighted by molar-refractivity contribution is 7.71. The minimum Gasteiger partial charge on any atom is -0.273 e. The van der Waals surface area contributed by atoms with Gasteiger partial charge in [-0.3, -0.25) is 5.10 Å². The Balaban J connectivity index is 1.86. The number of aromatic nitrogens is 3. The van der Waals surface area contributed by atoms with Gasteiger partial charge in [0.2, 0.25) is 0 Å². The molecule has 0 atom stereocenters. The molecule has 78 valence electrons. The van der Waals surface area contributed by atoms with Gasteiger partial charge in [0.05, 0.1) is 5.69 Å². The van der Waals surface area contributed by atoms with Crippen LogP contribution in [0.3, 0.4) is 0 Å². The maximum atomic E-state index is 5.07. The summed E-state index contributed by atoms with van der Waals surface area (Å²) in [4.78, 5) is 0. The number of aryl methyl sites for hydroxylation is 2. The van der Waals surface area contributed by atoms with Crippen LogP contribution in [0.25, 0.3) is 0 Å². The summed E-state index contributed by atoms with van der Waals surface area (Å²) >= 11 is 5.07. The first kappa shape index (κ1) is 10.1. The summed E-state index contributed by atoms with van der Waals surface area (Å²) in [5.41, 5.74) is 2.32. The van der Waals surface area contributed by atoms with Gasteiger partial charge in [0.25, 0.3) is 0 Å². The molecule has 0 spiro atoms. The van der Waals surface area contributed by atoms with Crippen molar-refractivity contribution in [3.05, 3.63) is 46.2 Å². The minimum atomic E-state index is 0.725. The first-order chi connectivity index (χ1) is 7.36. The van der Waals surface area contributed by atoms with Gasteiger partial charge < -0.3 is 0 Å². The quantitative estimate of drug-likeness (QED) is 0.776. The van der Waals surface area contributed by atoms with Crippen molar-refractivity contribution in [1.29, 1.82) is 0 Å². The van der Waals surface area contributed by atoms with Gasteiger partial charge in [-0.25, -0.2) is 5.21 Å². The normalized spacial score (nSPS) is 10.4. The summed E-state index contributed by atoms with van der Waals surface area (Å²) in [5.74, 6) is 0. The van der Waals surface area contributed by atoms with E-state index in [1.807, 2.05) is 6.07 Å². The smallest absolute Gasteiger partial charge is 0.142 e. The van der Waals surface area contributed by atoms with Gasteiger partial charge in [0, 0.05) is 0 Å². The molecule has 2 rings (SSSR count). The van der Waals surface area contributed by atoms with Crippen LogP contribution in [0.15, 0.2) is 30.3 Å². The molecule has 3 nitrogen and oxygen atoms in total. The van der Waals surface area contributed by atoms with Crippen molar-refractivity contribution in [2.24, 2.45) is 0 Å². The molecule has 0 radical (unpaired) electrons. The van der Waals surface area contributed by atoms with E-state index in [1.165, 1.54) is 5.56 Å². The summed E-state index contributed by atoms with van der Waals surface area (Å²) in [6.45, 7) is 0. The van der Waals surface area contributed by atoms with E-state index in [2.05, 4.69) is 39.7 Å². The molecular weight excluding hydrogens is 206 g/mol. The van der Waals surface area contributed by atoms with Gasteiger partial charge >= 0.3 is 0 Å². The highest BCUT2D eigenvalue weighted by Gasteiger charge is 1.99. The van der Waals surface area contributed by atoms with Crippen LogP contribution >= 0.6 is 12.2 Å². The Morgan fingerprint density at radius 3 is 2.60 bits per heavy atom. The average molecular weight is 219 g/mol. The molecule has 0 unspecified atom stereocenters. The predicted molar refractivity (Wildman–Crippen MR) is 62.2 cm³/mol. The number of hydrogen-bond donors (Lipinski definition) is 2. The van der Waals surface area contributed by atoms with Crippen LogP contribution in [0.5, 0.6) is 0 Å². The SMILES string of the molecule is S=c1[nH][nH]nc1CCCc1ccccc1. The summed E-state index contributed by atoms with van der Waals surface area (Å²) < 4.78 is 0.725. The molecule has 0 aliphatic carbocycles. The van der Waals surface area contributed by atoms with Crippen LogP contribution in [-0.2, 0) is 12.8 Å². The van der Waals surface area contributed by atoms with E-state index < -0.39 is 0 Å². The molecular formula is C11H13N3S. The number of rotatable bonds is 4. The zero-order chi connectivity index (χ0) is 10.5. The van der Waals surface area contributed by atoms with E-state index in [9.17, 15) is 0 Å². The highest BCUT2D eigenvalue weighted by atomic mass is 32.1. The van der Waals surface area contributed by atoms with Crippen LogP contribution in [0.2, 0.25) is 0 Å². The van der Waals surface area contributed by atoms with Gasteiger partial charge in [0.1, 0.15) is 4.64 Å². The van der Waals surface area contributed by atoms with Gasteiger partial charge in [-0.05, 0) is 24.8 Å². The fourth-order valence-corrected chi connectivity index (χ4v) is 1.74. The molecule has 0 saturated heterocycles. The molecule has 1 aromatic heterocycles. The Kier molecular flexibility index (Phi) is 3.29. The maximum Gasteiger partial charge on any atom is 0.142 e. The summed E-state index contributed by atoms with van der Waals surface area (Å²) in [5, 5.41) is 9.53. The lowest BCUT2D eigenvalue weighted by molar-refractivity contribution is 0.789. The summed E-state index contributed by atoms with van der Waals surface area (Å²) in [6.07, 6.45) is 3.07.